The van der Waals surface area contributed by atoms with E-state index in [2.05, 4.69) is 12.2 Å². The van der Waals surface area contributed by atoms with Gasteiger partial charge in [-0.15, -0.1) is 0 Å². The predicted octanol–water partition coefficient (Wildman–Crippen LogP) is 2.68. The highest BCUT2D eigenvalue weighted by Gasteiger charge is 2.23. The molecule has 120 valence electrons. The van der Waals surface area contributed by atoms with E-state index in [1.165, 1.54) is 0 Å². The highest BCUT2D eigenvalue weighted by atomic mass is 16.5. The highest BCUT2D eigenvalue weighted by molar-refractivity contribution is 5.98. The van der Waals surface area contributed by atoms with Gasteiger partial charge in [-0.05, 0) is 37.5 Å². The van der Waals surface area contributed by atoms with E-state index >= 15 is 0 Å². The van der Waals surface area contributed by atoms with Crippen LogP contribution in [0.5, 0.6) is 0 Å². The van der Waals surface area contributed by atoms with Crippen LogP contribution in [-0.2, 0) is 9.53 Å². The minimum Gasteiger partial charge on any atom is -0.368 e. The molecule has 1 heterocycles. The van der Waals surface area contributed by atoms with E-state index < -0.39 is 0 Å². The fraction of sp³-hybridized carbons (Fsp3) is 0.529. The largest absolute Gasteiger partial charge is 0.368 e. The first-order valence-corrected chi connectivity index (χ1v) is 7.90. The molecule has 1 saturated heterocycles. The molecule has 0 radical (unpaired) electrons. The summed E-state index contributed by atoms with van der Waals surface area (Å²) in [7, 11) is 1.80. The summed E-state index contributed by atoms with van der Waals surface area (Å²) in [5.41, 5.74) is 1.22. The van der Waals surface area contributed by atoms with Crippen molar-refractivity contribution in [2.75, 3.05) is 25.5 Å². The number of nitrogens with one attached hydrogen (secondary N) is 1. The molecule has 22 heavy (non-hydrogen) atoms. The maximum absolute atomic E-state index is 12.3. The first-order valence-electron chi connectivity index (χ1n) is 7.90. The Hall–Kier alpha value is -1.88. The Kier molecular flexibility index (Phi) is 5.95. The van der Waals surface area contributed by atoms with Gasteiger partial charge >= 0.3 is 0 Å². The Morgan fingerprint density at radius 3 is 2.91 bits per heavy atom. The van der Waals surface area contributed by atoms with E-state index in [0.717, 1.165) is 32.2 Å². The van der Waals surface area contributed by atoms with Gasteiger partial charge in [-0.25, -0.2) is 0 Å². The van der Waals surface area contributed by atoms with E-state index in [1.54, 1.807) is 36.2 Å². The number of carbonyl (C=O) groups excluding carboxylic acids is 2. The number of carbonyl (C=O) groups is 2. The summed E-state index contributed by atoms with van der Waals surface area (Å²) < 4.78 is 5.36. The number of hydrogen-bond donors (Lipinski definition) is 1. The van der Waals surface area contributed by atoms with Gasteiger partial charge in [-0.2, -0.15) is 0 Å². The molecule has 1 atom stereocenters. The molecule has 1 aliphatic heterocycles. The van der Waals surface area contributed by atoms with Gasteiger partial charge in [0, 0.05) is 31.5 Å². The van der Waals surface area contributed by atoms with Crippen LogP contribution in [0.15, 0.2) is 24.3 Å². The average molecular weight is 304 g/mol. The maximum Gasteiger partial charge on any atom is 0.253 e. The molecule has 2 amide bonds. The number of amides is 2. The second-order valence-corrected chi connectivity index (χ2v) is 5.65. The van der Waals surface area contributed by atoms with Crippen molar-refractivity contribution in [2.24, 2.45) is 0 Å². The maximum atomic E-state index is 12.3. The molecule has 1 N–H and O–H groups in total. The van der Waals surface area contributed by atoms with E-state index in [1.807, 2.05) is 0 Å². The Bertz CT molecular complexity index is 524. The van der Waals surface area contributed by atoms with Crippen LogP contribution in [0.25, 0.3) is 0 Å². The average Bonchev–Trinajstić information content (AvgIpc) is 3.06. The molecule has 1 aromatic rings. The number of anilines is 1. The number of nitrogens with zero attached hydrogens (tertiary/aromatic N) is 1. The Labute approximate surface area is 131 Å². The van der Waals surface area contributed by atoms with Gasteiger partial charge < -0.3 is 15.0 Å². The van der Waals surface area contributed by atoms with Crippen LogP contribution < -0.4 is 5.32 Å². The van der Waals surface area contributed by atoms with Crippen molar-refractivity contribution in [3.8, 4) is 0 Å². The molecule has 5 heteroatoms. The standard InChI is InChI=1S/C17H24N2O3/c1-3-4-10-19(2)17(21)13-7-5-8-14(12-13)18-16(20)15-9-6-11-22-15/h5,7-8,12,15H,3-4,6,9-11H2,1-2H3,(H,18,20). The summed E-state index contributed by atoms with van der Waals surface area (Å²) in [4.78, 5) is 26.1. The van der Waals surface area contributed by atoms with Gasteiger partial charge in [-0.3, -0.25) is 9.59 Å². The molecule has 1 aromatic carbocycles. The fourth-order valence-corrected chi connectivity index (χ4v) is 2.45. The first kappa shape index (κ1) is 16.5. The van der Waals surface area contributed by atoms with Gasteiger partial charge in [0.05, 0.1) is 0 Å². The zero-order chi connectivity index (χ0) is 15.9. The van der Waals surface area contributed by atoms with Crippen LogP contribution in [-0.4, -0.2) is 43.0 Å². The molecule has 0 aliphatic carbocycles. The number of rotatable bonds is 6. The topological polar surface area (TPSA) is 58.6 Å². The molecule has 5 nitrogen and oxygen atoms in total. The molecular weight excluding hydrogens is 280 g/mol. The third-order valence-electron chi connectivity index (χ3n) is 3.79. The van der Waals surface area contributed by atoms with Crippen molar-refractivity contribution < 1.29 is 14.3 Å². The molecule has 0 saturated carbocycles. The lowest BCUT2D eigenvalue weighted by Crippen LogP contribution is -2.28. The van der Waals surface area contributed by atoms with Crippen molar-refractivity contribution in [2.45, 2.75) is 38.7 Å². The van der Waals surface area contributed by atoms with Crippen molar-refractivity contribution in [1.82, 2.24) is 4.90 Å². The van der Waals surface area contributed by atoms with E-state index in [-0.39, 0.29) is 17.9 Å². The van der Waals surface area contributed by atoms with Crippen molar-refractivity contribution in [1.29, 1.82) is 0 Å². The van der Waals surface area contributed by atoms with Crippen LogP contribution >= 0.6 is 0 Å². The highest BCUT2D eigenvalue weighted by Crippen LogP contribution is 2.17. The summed E-state index contributed by atoms with van der Waals surface area (Å²) in [6, 6.07) is 7.06. The lowest BCUT2D eigenvalue weighted by Gasteiger charge is -2.17. The van der Waals surface area contributed by atoms with Crippen LogP contribution in [0.3, 0.4) is 0 Å². The zero-order valence-corrected chi connectivity index (χ0v) is 13.3. The Morgan fingerprint density at radius 2 is 2.23 bits per heavy atom. The Morgan fingerprint density at radius 1 is 1.41 bits per heavy atom. The summed E-state index contributed by atoms with van der Waals surface area (Å²) >= 11 is 0. The predicted molar refractivity (Wildman–Crippen MR) is 85.9 cm³/mol. The first-order chi connectivity index (χ1) is 10.6. The molecule has 0 spiro atoms. The summed E-state index contributed by atoms with van der Waals surface area (Å²) in [5, 5.41) is 2.83. The van der Waals surface area contributed by atoms with E-state index in [0.29, 0.717) is 17.9 Å². The second kappa shape index (κ2) is 7.94. The van der Waals surface area contributed by atoms with E-state index in [4.69, 9.17) is 4.74 Å². The van der Waals surface area contributed by atoms with Crippen LogP contribution in [0.1, 0.15) is 43.0 Å². The van der Waals surface area contributed by atoms with Gasteiger partial charge in [-0.1, -0.05) is 19.4 Å². The smallest absolute Gasteiger partial charge is 0.253 e. The quantitative estimate of drug-likeness (QED) is 0.879. The van der Waals surface area contributed by atoms with Crippen molar-refractivity contribution in [3.05, 3.63) is 29.8 Å². The van der Waals surface area contributed by atoms with Crippen LogP contribution in [0.4, 0.5) is 5.69 Å². The number of unbranched alkanes of at least 4 members (excludes halogenated alkanes) is 1. The monoisotopic (exact) mass is 304 g/mol. The zero-order valence-electron chi connectivity index (χ0n) is 13.3. The fourth-order valence-electron chi connectivity index (χ4n) is 2.45. The van der Waals surface area contributed by atoms with Crippen LogP contribution in [0, 0.1) is 0 Å². The second-order valence-electron chi connectivity index (χ2n) is 5.65. The molecule has 0 aromatic heterocycles. The number of hydrogen-bond acceptors (Lipinski definition) is 3. The summed E-state index contributed by atoms with van der Waals surface area (Å²) in [6.07, 6.45) is 3.34. The third-order valence-corrected chi connectivity index (χ3v) is 3.79. The molecule has 1 aliphatic rings. The molecule has 1 fully saturated rings. The van der Waals surface area contributed by atoms with Crippen LogP contribution in [0.2, 0.25) is 0 Å². The lowest BCUT2D eigenvalue weighted by atomic mass is 10.1. The van der Waals surface area contributed by atoms with Gasteiger partial charge in [0.25, 0.3) is 11.8 Å². The minimum absolute atomic E-state index is 0.0262. The molecule has 0 bridgehead atoms. The number of benzene rings is 1. The molecular formula is C17H24N2O3. The summed E-state index contributed by atoms with van der Waals surface area (Å²) in [6.45, 7) is 3.47. The normalized spacial score (nSPS) is 17.3. The number of ether oxygens (including phenoxy) is 1. The lowest BCUT2D eigenvalue weighted by molar-refractivity contribution is -0.124. The Balaban J connectivity index is 1.99. The molecule has 2 rings (SSSR count). The van der Waals surface area contributed by atoms with Gasteiger partial charge in [0.2, 0.25) is 0 Å². The van der Waals surface area contributed by atoms with Gasteiger partial charge in [0.15, 0.2) is 0 Å². The van der Waals surface area contributed by atoms with Gasteiger partial charge in [0.1, 0.15) is 6.10 Å². The molecule has 1 unspecified atom stereocenters. The SMILES string of the molecule is CCCCN(C)C(=O)c1cccc(NC(=O)C2CCCO2)c1. The van der Waals surface area contributed by atoms with Crippen molar-refractivity contribution >= 4 is 17.5 Å². The third kappa shape index (κ3) is 4.31. The minimum atomic E-state index is -0.369. The summed E-state index contributed by atoms with van der Waals surface area (Å²) in [5.74, 6) is -0.164. The van der Waals surface area contributed by atoms with Crippen molar-refractivity contribution in [3.63, 3.8) is 0 Å². The van der Waals surface area contributed by atoms with E-state index in [9.17, 15) is 9.59 Å².